The molecule has 1 aliphatic carbocycles. The van der Waals surface area contributed by atoms with Gasteiger partial charge in [-0.3, -0.25) is 9.97 Å². The Morgan fingerprint density at radius 1 is 1.35 bits per heavy atom. The van der Waals surface area contributed by atoms with Gasteiger partial charge in [0.1, 0.15) is 5.60 Å². The Balaban J connectivity index is 1.70. The monoisotopic (exact) mass is 269 g/mol. The van der Waals surface area contributed by atoms with E-state index in [0.29, 0.717) is 6.54 Å². The predicted octanol–water partition coefficient (Wildman–Crippen LogP) is 1.96. The first-order valence-corrected chi connectivity index (χ1v) is 6.99. The Hall–Kier alpha value is -1.78. The largest absolute Gasteiger partial charge is 0.384 e. The van der Waals surface area contributed by atoms with Crippen LogP contribution in [0, 0.1) is 0 Å². The van der Waals surface area contributed by atoms with Crippen molar-refractivity contribution in [3.8, 4) is 0 Å². The second-order valence-corrected chi connectivity index (χ2v) is 5.42. The smallest absolute Gasteiger partial charge is 0.103 e. The lowest BCUT2D eigenvalue weighted by Crippen LogP contribution is -2.37. The maximum absolute atomic E-state index is 10.8. The van der Waals surface area contributed by atoms with Crippen molar-refractivity contribution in [3.05, 3.63) is 59.7 Å². The van der Waals surface area contributed by atoms with Crippen LogP contribution in [0.2, 0.25) is 0 Å². The molecule has 1 aromatic carbocycles. The first kappa shape index (κ1) is 13.2. The van der Waals surface area contributed by atoms with Crippen LogP contribution in [-0.4, -0.2) is 21.6 Å². The first-order chi connectivity index (χ1) is 9.69. The Morgan fingerprint density at radius 3 is 3.00 bits per heavy atom. The Kier molecular flexibility index (Phi) is 3.51. The van der Waals surface area contributed by atoms with Gasteiger partial charge >= 0.3 is 0 Å². The number of nitrogens with one attached hydrogen (secondary N) is 1. The molecule has 20 heavy (non-hydrogen) atoms. The molecule has 1 aliphatic rings. The zero-order valence-corrected chi connectivity index (χ0v) is 11.6. The molecule has 0 radical (unpaired) electrons. The Morgan fingerprint density at radius 2 is 2.20 bits per heavy atom. The molecule has 2 atom stereocenters. The number of aromatic nitrogens is 2. The Bertz CT molecular complexity index is 587. The van der Waals surface area contributed by atoms with Crippen molar-refractivity contribution >= 4 is 0 Å². The first-order valence-electron chi connectivity index (χ1n) is 6.99. The van der Waals surface area contributed by atoms with Gasteiger partial charge in [0.15, 0.2) is 0 Å². The van der Waals surface area contributed by atoms with Crippen LogP contribution in [0.4, 0.5) is 0 Å². The van der Waals surface area contributed by atoms with Gasteiger partial charge in [0, 0.05) is 31.2 Å². The van der Waals surface area contributed by atoms with Gasteiger partial charge < -0.3 is 10.4 Å². The van der Waals surface area contributed by atoms with Crippen LogP contribution in [-0.2, 0) is 12.0 Å². The van der Waals surface area contributed by atoms with Gasteiger partial charge in [0.2, 0.25) is 0 Å². The highest BCUT2D eigenvalue weighted by Crippen LogP contribution is 2.36. The second-order valence-electron chi connectivity index (χ2n) is 5.42. The van der Waals surface area contributed by atoms with Crippen LogP contribution >= 0.6 is 0 Å². The zero-order chi connectivity index (χ0) is 14.0. The number of benzene rings is 1. The van der Waals surface area contributed by atoms with E-state index >= 15 is 0 Å². The maximum Gasteiger partial charge on any atom is 0.103 e. The van der Waals surface area contributed by atoms with Crippen molar-refractivity contribution in [2.45, 2.75) is 31.4 Å². The summed E-state index contributed by atoms with van der Waals surface area (Å²) in [5.74, 6) is 0. The third kappa shape index (κ3) is 2.44. The molecular formula is C16H19N3O. The van der Waals surface area contributed by atoms with E-state index in [-0.39, 0.29) is 6.04 Å². The number of aliphatic hydroxyl groups is 1. The van der Waals surface area contributed by atoms with E-state index in [1.165, 1.54) is 5.56 Å². The van der Waals surface area contributed by atoms with Gasteiger partial charge in [-0.1, -0.05) is 24.3 Å². The SMILES string of the molecule is CC(NCC1(O)CCc2ccccc21)c1cnccn1. The molecule has 4 nitrogen and oxygen atoms in total. The van der Waals surface area contributed by atoms with Crippen molar-refractivity contribution in [1.29, 1.82) is 0 Å². The van der Waals surface area contributed by atoms with E-state index < -0.39 is 5.60 Å². The van der Waals surface area contributed by atoms with Crippen LogP contribution in [0.1, 0.15) is 36.2 Å². The molecule has 2 N–H and O–H groups in total. The number of hydrogen-bond donors (Lipinski definition) is 2. The quantitative estimate of drug-likeness (QED) is 0.891. The molecule has 0 spiro atoms. The lowest BCUT2D eigenvalue weighted by atomic mass is 9.95. The zero-order valence-electron chi connectivity index (χ0n) is 11.6. The van der Waals surface area contributed by atoms with Gasteiger partial charge in [-0.05, 0) is 30.9 Å². The van der Waals surface area contributed by atoms with E-state index in [9.17, 15) is 5.11 Å². The fourth-order valence-electron chi connectivity index (χ4n) is 2.81. The summed E-state index contributed by atoms with van der Waals surface area (Å²) < 4.78 is 0. The summed E-state index contributed by atoms with van der Waals surface area (Å²) in [5, 5.41) is 14.2. The Labute approximate surface area is 118 Å². The number of rotatable bonds is 4. The third-order valence-electron chi connectivity index (χ3n) is 4.05. The van der Waals surface area contributed by atoms with E-state index in [0.717, 1.165) is 24.1 Å². The molecule has 2 aromatic rings. The summed E-state index contributed by atoms with van der Waals surface area (Å²) in [6.45, 7) is 2.57. The highest BCUT2D eigenvalue weighted by molar-refractivity contribution is 5.37. The van der Waals surface area contributed by atoms with Gasteiger partial charge in [-0.15, -0.1) is 0 Å². The molecule has 0 bridgehead atoms. The topological polar surface area (TPSA) is 58.0 Å². The average molecular weight is 269 g/mol. The van der Waals surface area contributed by atoms with Crippen molar-refractivity contribution < 1.29 is 5.11 Å². The maximum atomic E-state index is 10.8. The van der Waals surface area contributed by atoms with Gasteiger partial charge in [0.05, 0.1) is 5.69 Å². The fraction of sp³-hybridized carbons (Fsp3) is 0.375. The van der Waals surface area contributed by atoms with Crippen molar-refractivity contribution in [1.82, 2.24) is 15.3 Å². The van der Waals surface area contributed by atoms with E-state index in [1.807, 2.05) is 25.1 Å². The van der Waals surface area contributed by atoms with Gasteiger partial charge in [0.25, 0.3) is 0 Å². The number of nitrogens with zero attached hydrogens (tertiary/aromatic N) is 2. The minimum absolute atomic E-state index is 0.0699. The second kappa shape index (κ2) is 5.31. The van der Waals surface area contributed by atoms with Crippen LogP contribution < -0.4 is 5.32 Å². The molecule has 2 unspecified atom stereocenters. The highest BCUT2D eigenvalue weighted by atomic mass is 16.3. The summed E-state index contributed by atoms with van der Waals surface area (Å²) in [6.07, 6.45) is 6.81. The lowest BCUT2D eigenvalue weighted by molar-refractivity contribution is 0.0362. The number of aryl methyl sites for hydroxylation is 1. The fourth-order valence-corrected chi connectivity index (χ4v) is 2.81. The molecule has 1 aromatic heterocycles. The molecule has 0 saturated carbocycles. The number of fused-ring (bicyclic) bond motifs is 1. The van der Waals surface area contributed by atoms with Crippen molar-refractivity contribution in [3.63, 3.8) is 0 Å². The summed E-state index contributed by atoms with van der Waals surface area (Å²) in [4.78, 5) is 8.36. The van der Waals surface area contributed by atoms with Crippen LogP contribution in [0.25, 0.3) is 0 Å². The van der Waals surface area contributed by atoms with E-state index in [4.69, 9.17) is 0 Å². The normalized spacial score (nSPS) is 22.5. The van der Waals surface area contributed by atoms with Crippen LogP contribution in [0.3, 0.4) is 0 Å². The standard InChI is InChI=1S/C16H19N3O/c1-12(15-10-17-8-9-18-15)19-11-16(20)7-6-13-4-2-3-5-14(13)16/h2-5,8-10,12,19-20H,6-7,11H2,1H3. The molecule has 0 saturated heterocycles. The van der Waals surface area contributed by atoms with Crippen molar-refractivity contribution in [2.24, 2.45) is 0 Å². The molecular weight excluding hydrogens is 250 g/mol. The van der Waals surface area contributed by atoms with Gasteiger partial charge in [-0.2, -0.15) is 0 Å². The molecule has 104 valence electrons. The molecule has 0 aliphatic heterocycles. The predicted molar refractivity (Wildman–Crippen MR) is 77.1 cm³/mol. The molecule has 0 fully saturated rings. The molecule has 0 amide bonds. The third-order valence-corrected chi connectivity index (χ3v) is 4.05. The summed E-state index contributed by atoms with van der Waals surface area (Å²) in [7, 11) is 0. The van der Waals surface area contributed by atoms with E-state index in [2.05, 4.69) is 21.4 Å². The summed E-state index contributed by atoms with van der Waals surface area (Å²) in [5.41, 5.74) is 2.43. The highest BCUT2D eigenvalue weighted by Gasteiger charge is 2.36. The average Bonchev–Trinajstić information content (AvgIpc) is 2.84. The van der Waals surface area contributed by atoms with Gasteiger partial charge in [-0.25, -0.2) is 0 Å². The minimum Gasteiger partial charge on any atom is -0.384 e. The molecule has 1 heterocycles. The van der Waals surface area contributed by atoms with Crippen LogP contribution in [0.5, 0.6) is 0 Å². The summed E-state index contributed by atoms with van der Waals surface area (Å²) in [6, 6.07) is 8.21. The molecule has 3 rings (SSSR count). The number of hydrogen-bond acceptors (Lipinski definition) is 4. The summed E-state index contributed by atoms with van der Waals surface area (Å²) >= 11 is 0. The van der Waals surface area contributed by atoms with Crippen molar-refractivity contribution in [2.75, 3.05) is 6.54 Å². The van der Waals surface area contributed by atoms with Crippen LogP contribution in [0.15, 0.2) is 42.9 Å². The lowest BCUT2D eigenvalue weighted by Gasteiger charge is -2.26. The van der Waals surface area contributed by atoms with E-state index in [1.54, 1.807) is 18.6 Å². The minimum atomic E-state index is -0.771. The molecule has 4 heteroatoms.